The lowest BCUT2D eigenvalue weighted by molar-refractivity contribution is -0.153. The number of nitrogens with zero attached hydrogens (tertiary/aromatic N) is 1. The molecule has 1 aromatic carbocycles. The lowest BCUT2D eigenvalue weighted by Gasteiger charge is -2.55. The maximum Gasteiger partial charge on any atom is 0.226 e. The minimum atomic E-state index is -0.288. The van der Waals surface area contributed by atoms with Gasteiger partial charge in [0.25, 0.3) is 0 Å². The number of aromatic hydroxyl groups is 2. The fourth-order valence-corrected chi connectivity index (χ4v) is 4.31. The molecule has 0 radical (unpaired) electrons. The Morgan fingerprint density at radius 3 is 2.25 bits per heavy atom. The monoisotopic (exact) mass is 334 g/mol. The Bertz CT molecular complexity index is 607. The molecule has 5 heteroatoms. The fourth-order valence-electron chi connectivity index (χ4n) is 4.31. The van der Waals surface area contributed by atoms with Crippen LogP contribution in [0.3, 0.4) is 0 Å². The highest BCUT2D eigenvalue weighted by Gasteiger charge is 2.47. The SMILES string of the molecule is CC(Cc1ccc(O)c(O)c1)C(=O)N1C(C)(C)CC(N)CC1(C)C. The molecular formula is C19H30N2O3. The van der Waals surface area contributed by atoms with Gasteiger partial charge in [0, 0.05) is 23.0 Å². The molecule has 1 fully saturated rings. The fraction of sp³-hybridized carbons (Fsp3) is 0.632. The van der Waals surface area contributed by atoms with Gasteiger partial charge in [-0.25, -0.2) is 0 Å². The van der Waals surface area contributed by atoms with E-state index in [0.29, 0.717) is 6.42 Å². The Morgan fingerprint density at radius 1 is 1.21 bits per heavy atom. The Morgan fingerprint density at radius 2 is 1.75 bits per heavy atom. The molecule has 1 saturated heterocycles. The second kappa shape index (κ2) is 6.28. The maximum atomic E-state index is 13.2. The summed E-state index contributed by atoms with van der Waals surface area (Å²) in [6, 6.07) is 4.81. The summed E-state index contributed by atoms with van der Waals surface area (Å²) in [5.74, 6) is -0.423. The van der Waals surface area contributed by atoms with Crippen molar-refractivity contribution in [2.75, 3.05) is 0 Å². The number of hydrogen-bond acceptors (Lipinski definition) is 4. The van der Waals surface area contributed by atoms with Crippen LogP contribution in [-0.4, -0.2) is 38.1 Å². The molecule has 5 nitrogen and oxygen atoms in total. The molecule has 24 heavy (non-hydrogen) atoms. The van der Waals surface area contributed by atoms with Crippen LogP contribution in [0.25, 0.3) is 0 Å². The van der Waals surface area contributed by atoms with Gasteiger partial charge in [0.1, 0.15) is 0 Å². The zero-order chi connectivity index (χ0) is 18.3. The van der Waals surface area contributed by atoms with Crippen molar-refractivity contribution in [1.82, 2.24) is 4.90 Å². The summed E-state index contributed by atoms with van der Waals surface area (Å²) in [7, 11) is 0. The molecule has 1 amide bonds. The second-order valence-electron chi connectivity index (χ2n) is 8.40. The van der Waals surface area contributed by atoms with E-state index in [0.717, 1.165) is 18.4 Å². The van der Waals surface area contributed by atoms with Crippen molar-refractivity contribution in [2.24, 2.45) is 11.7 Å². The van der Waals surface area contributed by atoms with Crippen molar-refractivity contribution in [3.63, 3.8) is 0 Å². The highest BCUT2D eigenvalue weighted by Crippen LogP contribution is 2.39. The summed E-state index contributed by atoms with van der Waals surface area (Å²) in [6.07, 6.45) is 2.09. The predicted octanol–water partition coefficient (Wildman–Crippen LogP) is 2.78. The van der Waals surface area contributed by atoms with Crippen LogP contribution < -0.4 is 5.73 Å². The number of amides is 1. The molecule has 1 heterocycles. The van der Waals surface area contributed by atoms with E-state index >= 15 is 0 Å². The molecule has 0 aliphatic carbocycles. The van der Waals surface area contributed by atoms with Gasteiger partial charge in [-0.3, -0.25) is 4.79 Å². The first-order valence-electron chi connectivity index (χ1n) is 8.54. The van der Waals surface area contributed by atoms with E-state index in [4.69, 9.17) is 5.73 Å². The van der Waals surface area contributed by atoms with Gasteiger partial charge in [-0.1, -0.05) is 13.0 Å². The van der Waals surface area contributed by atoms with Gasteiger partial charge >= 0.3 is 0 Å². The molecule has 0 saturated carbocycles. The summed E-state index contributed by atoms with van der Waals surface area (Å²) < 4.78 is 0. The number of phenols is 2. The van der Waals surface area contributed by atoms with Crippen molar-refractivity contribution in [3.8, 4) is 11.5 Å². The summed E-state index contributed by atoms with van der Waals surface area (Å²) in [4.78, 5) is 15.2. The van der Waals surface area contributed by atoms with Gasteiger partial charge in [-0.15, -0.1) is 0 Å². The number of carbonyl (C=O) groups is 1. The summed E-state index contributed by atoms with van der Waals surface area (Å²) in [6.45, 7) is 10.2. The minimum absolute atomic E-state index is 0.100. The topological polar surface area (TPSA) is 86.8 Å². The number of rotatable bonds is 3. The van der Waals surface area contributed by atoms with E-state index in [9.17, 15) is 15.0 Å². The number of likely N-dealkylation sites (tertiary alicyclic amines) is 1. The van der Waals surface area contributed by atoms with Crippen LogP contribution in [0.1, 0.15) is 53.0 Å². The molecule has 1 unspecified atom stereocenters. The Hall–Kier alpha value is -1.75. The van der Waals surface area contributed by atoms with Crippen LogP contribution in [0.2, 0.25) is 0 Å². The van der Waals surface area contributed by atoms with E-state index < -0.39 is 0 Å². The first kappa shape index (κ1) is 18.6. The summed E-state index contributed by atoms with van der Waals surface area (Å²) >= 11 is 0. The third-order valence-corrected chi connectivity index (χ3v) is 4.96. The number of carbonyl (C=O) groups excluding carboxylic acids is 1. The third-order valence-electron chi connectivity index (χ3n) is 4.96. The minimum Gasteiger partial charge on any atom is -0.504 e. The van der Waals surface area contributed by atoms with Crippen molar-refractivity contribution < 1.29 is 15.0 Å². The van der Waals surface area contributed by atoms with E-state index in [1.165, 1.54) is 12.1 Å². The first-order chi connectivity index (χ1) is 10.9. The van der Waals surface area contributed by atoms with Gasteiger partial charge in [0.05, 0.1) is 0 Å². The van der Waals surface area contributed by atoms with Gasteiger partial charge < -0.3 is 20.8 Å². The van der Waals surface area contributed by atoms with Crippen molar-refractivity contribution >= 4 is 5.91 Å². The average molecular weight is 334 g/mol. The molecule has 1 aromatic rings. The molecule has 0 bridgehead atoms. The van der Waals surface area contributed by atoms with Gasteiger partial charge in [-0.05, 0) is 64.7 Å². The molecule has 0 aromatic heterocycles. The van der Waals surface area contributed by atoms with Gasteiger partial charge in [0.15, 0.2) is 11.5 Å². The number of piperidine rings is 1. The van der Waals surface area contributed by atoms with Crippen LogP contribution in [0.4, 0.5) is 0 Å². The molecular weight excluding hydrogens is 304 g/mol. The lowest BCUT2D eigenvalue weighted by atomic mass is 9.76. The molecule has 1 aliphatic rings. The Balaban J connectivity index is 2.20. The molecule has 1 atom stereocenters. The largest absolute Gasteiger partial charge is 0.504 e. The number of benzene rings is 1. The molecule has 4 N–H and O–H groups in total. The van der Waals surface area contributed by atoms with Crippen molar-refractivity contribution in [3.05, 3.63) is 23.8 Å². The van der Waals surface area contributed by atoms with E-state index in [1.54, 1.807) is 6.07 Å². The molecule has 2 rings (SSSR count). The summed E-state index contributed by atoms with van der Waals surface area (Å²) in [5, 5.41) is 19.1. The highest BCUT2D eigenvalue weighted by atomic mass is 16.3. The zero-order valence-electron chi connectivity index (χ0n) is 15.3. The van der Waals surface area contributed by atoms with Crippen LogP contribution in [0.5, 0.6) is 11.5 Å². The second-order valence-corrected chi connectivity index (χ2v) is 8.40. The van der Waals surface area contributed by atoms with Crippen LogP contribution in [0, 0.1) is 5.92 Å². The van der Waals surface area contributed by atoms with Gasteiger partial charge in [0.2, 0.25) is 5.91 Å². The zero-order valence-corrected chi connectivity index (χ0v) is 15.3. The molecule has 134 valence electrons. The summed E-state index contributed by atoms with van der Waals surface area (Å²) in [5.41, 5.74) is 6.44. The number of nitrogens with two attached hydrogens (primary N) is 1. The smallest absolute Gasteiger partial charge is 0.226 e. The third kappa shape index (κ3) is 3.66. The van der Waals surface area contributed by atoms with Crippen molar-refractivity contribution in [1.29, 1.82) is 0 Å². The predicted molar refractivity (Wildman–Crippen MR) is 94.9 cm³/mol. The quantitative estimate of drug-likeness (QED) is 0.742. The standard InChI is InChI=1S/C19H30N2O3/c1-12(8-13-6-7-15(22)16(23)9-13)17(24)21-18(2,3)10-14(20)11-19(21,4)5/h6-7,9,12,14,22-23H,8,10-11,20H2,1-5H3. The van der Waals surface area contributed by atoms with Gasteiger partial charge in [-0.2, -0.15) is 0 Å². The number of hydrogen-bond donors (Lipinski definition) is 3. The Kier molecular flexibility index (Phi) is 4.86. The molecule has 0 spiro atoms. The first-order valence-corrected chi connectivity index (χ1v) is 8.54. The maximum absolute atomic E-state index is 13.2. The Labute approximate surface area is 144 Å². The van der Waals surface area contributed by atoms with E-state index in [-0.39, 0.29) is 40.4 Å². The normalized spacial score (nSPS) is 21.5. The highest BCUT2D eigenvalue weighted by molar-refractivity contribution is 5.80. The van der Waals surface area contributed by atoms with Crippen LogP contribution in [-0.2, 0) is 11.2 Å². The van der Waals surface area contributed by atoms with Crippen LogP contribution in [0.15, 0.2) is 18.2 Å². The van der Waals surface area contributed by atoms with E-state index in [1.807, 2.05) is 11.8 Å². The molecule has 1 aliphatic heterocycles. The van der Waals surface area contributed by atoms with E-state index in [2.05, 4.69) is 27.7 Å². The number of phenolic OH excluding ortho intramolecular Hbond substituents is 2. The lowest BCUT2D eigenvalue weighted by Crippen LogP contribution is -2.66. The van der Waals surface area contributed by atoms with Crippen molar-refractivity contribution in [2.45, 2.75) is 71.0 Å². The average Bonchev–Trinajstić information content (AvgIpc) is 2.39. The van der Waals surface area contributed by atoms with Crippen LogP contribution >= 0.6 is 0 Å².